The van der Waals surface area contributed by atoms with Crippen molar-refractivity contribution in [2.24, 2.45) is 11.8 Å². The SMILES string of the molecule is COc1ccc(S(=O)(=O)N2C[C@H](C(=O)NCC(C)C)[C@@H](c3cc(OC)c(OC)c(OC)c3)C2)cc1. The molecule has 1 N–H and O–H groups in total. The number of hydrogen-bond donors (Lipinski definition) is 1. The molecule has 0 radical (unpaired) electrons. The first-order valence-electron chi connectivity index (χ1n) is 11.4. The number of methoxy groups -OCH3 is 4. The van der Waals surface area contributed by atoms with Gasteiger partial charge >= 0.3 is 0 Å². The quantitative estimate of drug-likeness (QED) is 0.529. The monoisotopic (exact) mass is 506 g/mol. The van der Waals surface area contributed by atoms with Crippen LogP contribution in [0, 0.1) is 11.8 Å². The van der Waals surface area contributed by atoms with Crippen LogP contribution in [0.2, 0.25) is 0 Å². The van der Waals surface area contributed by atoms with Gasteiger partial charge < -0.3 is 24.3 Å². The average molecular weight is 507 g/mol. The van der Waals surface area contributed by atoms with Crippen molar-refractivity contribution in [3.63, 3.8) is 0 Å². The van der Waals surface area contributed by atoms with Gasteiger partial charge in [-0.3, -0.25) is 4.79 Å². The fourth-order valence-corrected chi connectivity index (χ4v) is 5.71. The van der Waals surface area contributed by atoms with Gasteiger partial charge in [0.2, 0.25) is 21.7 Å². The van der Waals surface area contributed by atoms with Crippen molar-refractivity contribution in [2.75, 3.05) is 48.1 Å². The molecule has 1 aliphatic heterocycles. The first kappa shape index (κ1) is 26.6. The lowest BCUT2D eigenvalue weighted by atomic mass is 9.87. The molecule has 0 bridgehead atoms. The van der Waals surface area contributed by atoms with Crippen molar-refractivity contribution in [1.82, 2.24) is 9.62 Å². The summed E-state index contributed by atoms with van der Waals surface area (Å²) in [5, 5.41) is 2.97. The van der Waals surface area contributed by atoms with Gasteiger partial charge in [0.15, 0.2) is 11.5 Å². The summed E-state index contributed by atoms with van der Waals surface area (Å²) < 4.78 is 49.9. The molecule has 9 nitrogen and oxygen atoms in total. The minimum absolute atomic E-state index is 0.0552. The summed E-state index contributed by atoms with van der Waals surface area (Å²) in [5.74, 6) is 0.948. The van der Waals surface area contributed by atoms with Crippen molar-refractivity contribution < 1.29 is 32.2 Å². The lowest BCUT2D eigenvalue weighted by Crippen LogP contribution is -2.37. The second kappa shape index (κ2) is 11.2. The third-order valence-electron chi connectivity index (χ3n) is 6.12. The van der Waals surface area contributed by atoms with Crippen molar-refractivity contribution in [2.45, 2.75) is 24.7 Å². The zero-order valence-corrected chi connectivity index (χ0v) is 21.8. The van der Waals surface area contributed by atoms with Crippen LogP contribution in [0.1, 0.15) is 25.3 Å². The van der Waals surface area contributed by atoms with Crippen LogP contribution in [0.15, 0.2) is 41.3 Å². The largest absolute Gasteiger partial charge is 0.497 e. The Morgan fingerprint density at radius 1 is 0.971 bits per heavy atom. The second-order valence-electron chi connectivity index (χ2n) is 8.81. The van der Waals surface area contributed by atoms with Gasteiger partial charge in [-0.2, -0.15) is 4.31 Å². The van der Waals surface area contributed by atoms with Crippen molar-refractivity contribution >= 4 is 15.9 Å². The first-order chi connectivity index (χ1) is 16.7. The number of benzene rings is 2. The molecule has 3 rings (SSSR count). The van der Waals surface area contributed by atoms with Gasteiger partial charge in [0.1, 0.15) is 5.75 Å². The van der Waals surface area contributed by atoms with E-state index >= 15 is 0 Å². The molecule has 0 saturated carbocycles. The summed E-state index contributed by atoms with van der Waals surface area (Å²) in [6.07, 6.45) is 0. The summed E-state index contributed by atoms with van der Waals surface area (Å²) in [4.78, 5) is 13.4. The Morgan fingerprint density at radius 3 is 2.06 bits per heavy atom. The third-order valence-corrected chi connectivity index (χ3v) is 7.97. The van der Waals surface area contributed by atoms with E-state index in [4.69, 9.17) is 18.9 Å². The lowest BCUT2D eigenvalue weighted by molar-refractivity contribution is -0.125. The molecule has 1 aliphatic rings. The Kier molecular flexibility index (Phi) is 8.50. The van der Waals surface area contributed by atoms with Crippen LogP contribution in [0.4, 0.5) is 0 Å². The maximum Gasteiger partial charge on any atom is 0.243 e. The van der Waals surface area contributed by atoms with Crippen LogP contribution in [0.25, 0.3) is 0 Å². The number of sulfonamides is 1. The molecule has 0 unspecified atom stereocenters. The number of hydrogen-bond acceptors (Lipinski definition) is 7. The van der Waals surface area contributed by atoms with Crippen molar-refractivity contribution in [3.8, 4) is 23.0 Å². The van der Waals surface area contributed by atoms with Crippen LogP contribution in [-0.2, 0) is 14.8 Å². The molecule has 2 aromatic carbocycles. The number of nitrogens with one attached hydrogen (secondary N) is 1. The fourth-order valence-electron chi connectivity index (χ4n) is 4.22. The van der Waals surface area contributed by atoms with E-state index in [-0.39, 0.29) is 29.8 Å². The van der Waals surface area contributed by atoms with Crippen molar-refractivity contribution in [1.29, 1.82) is 0 Å². The number of carbonyl (C=O) groups excluding carboxylic acids is 1. The third kappa shape index (κ3) is 5.65. The number of ether oxygens (including phenoxy) is 4. The highest BCUT2D eigenvalue weighted by molar-refractivity contribution is 7.89. The Morgan fingerprint density at radius 2 is 1.57 bits per heavy atom. The van der Waals surface area contributed by atoms with Gasteiger partial charge in [0.25, 0.3) is 0 Å². The molecule has 1 amide bonds. The number of amides is 1. The average Bonchev–Trinajstić information content (AvgIpc) is 3.32. The number of rotatable bonds is 10. The molecular formula is C25H34N2O7S. The molecule has 35 heavy (non-hydrogen) atoms. The molecule has 0 aliphatic carbocycles. The maximum atomic E-state index is 13.5. The highest BCUT2D eigenvalue weighted by Gasteiger charge is 2.44. The highest BCUT2D eigenvalue weighted by atomic mass is 32.2. The molecule has 2 atom stereocenters. The van der Waals surface area contributed by atoms with Crippen LogP contribution in [0.5, 0.6) is 23.0 Å². The van der Waals surface area contributed by atoms with E-state index in [0.29, 0.717) is 29.5 Å². The standard InChI is InChI=1S/C25H34N2O7S/c1-16(2)13-26-25(28)21-15-27(35(29,30)19-9-7-18(31-3)8-10-19)14-20(21)17-11-22(32-4)24(34-6)23(12-17)33-5/h7-12,16,20-21H,13-15H2,1-6H3,(H,26,28)/t20-,21+/m1/s1. The van der Waals surface area contributed by atoms with E-state index in [0.717, 1.165) is 5.56 Å². The van der Waals surface area contributed by atoms with Gasteiger partial charge in [-0.25, -0.2) is 8.42 Å². The van der Waals surface area contributed by atoms with Gasteiger partial charge in [0, 0.05) is 25.6 Å². The Balaban J connectivity index is 2.01. The van der Waals surface area contributed by atoms with E-state index in [9.17, 15) is 13.2 Å². The van der Waals surface area contributed by atoms with E-state index in [1.807, 2.05) is 13.8 Å². The van der Waals surface area contributed by atoms with Crippen LogP contribution >= 0.6 is 0 Å². The molecule has 10 heteroatoms. The Bertz CT molecular complexity index is 1110. The zero-order valence-electron chi connectivity index (χ0n) is 21.0. The second-order valence-corrected chi connectivity index (χ2v) is 10.7. The molecule has 192 valence electrons. The van der Waals surface area contributed by atoms with Crippen LogP contribution < -0.4 is 24.3 Å². The Hall–Kier alpha value is -2.98. The minimum Gasteiger partial charge on any atom is -0.497 e. The Labute approximate surface area is 207 Å². The predicted molar refractivity (Wildman–Crippen MR) is 132 cm³/mol. The molecule has 0 aromatic heterocycles. The van der Waals surface area contributed by atoms with Crippen LogP contribution in [0.3, 0.4) is 0 Å². The van der Waals surface area contributed by atoms with E-state index < -0.39 is 21.9 Å². The number of nitrogens with zero attached hydrogens (tertiary/aromatic N) is 1. The molecule has 1 heterocycles. The normalized spacial score (nSPS) is 18.4. The van der Waals surface area contributed by atoms with Crippen LogP contribution in [-0.4, -0.2) is 66.7 Å². The highest BCUT2D eigenvalue weighted by Crippen LogP contribution is 2.44. The van der Waals surface area contributed by atoms with Gasteiger partial charge in [-0.15, -0.1) is 0 Å². The summed E-state index contributed by atoms with van der Waals surface area (Å²) in [7, 11) is 2.23. The summed E-state index contributed by atoms with van der Waals surface area (Å²) in [6, 6.07) is 9.78. The molecule has 2 aromatic rings. The predicted octanol–water partition coefficient (Wildman–Crippen LogP) is 2.90. The van der Waals surface area contributed by atoms with Crippen molar-refractivity contribution in [3.05, 3.63) is 42.0 Å². The molecule has 0 spiro atoms. The van der Waals surface area contributed by atoms with Gasteiger partial charge in [0.05, 0.1) is 39.3 Å². The first-order valence-corrected chi connectivity index (χ1v) is 12.8. The summed E-state index contributed by atoms with van der Waals surface area (Å²) in [6.45, 7) is 4.70. The molecular weight excluding hydrogens is 472 g/mol. The molecule has 1 fully saturated rings. The molecule has 1 saturated heterocycles. The lowest BCUT2D eigenvalue weighted by Gasteiger charge is -2.21. The van der Waals surface area contributed by atoms with E-state index in [1.165, 1.54) is 44.9 Å². The summed E-state index contributed by atoms with van der Waals surface area (Å²) >= 11 is 0. The van der Waals surface area contributed by atoms with Gasteiger partial charge in [-0.05, 0) is 47.9 Å². The maximum absolute atomic E-state index is 13.5. The minimum atomic E-state index is -3.84. The van der Waals surface area contributed by atoms with E-state index in [2.05, 4.69) is 5.32 Å². The van der Waals surface area contributed by atoms with E-state index in [1.54, 1.807) is 24.3 Å². The topological polar surface area (TPSA) is 103 Å². The fraction of sp³-hybridized carbons (Fsp3) is 0.480. The van der Waals surface area contributed by atoms with Gasteiger partial charge in [-0.1, -0.05) is 13.8 Å². The smallest absolute Gasteiger partial charge is 0.243 e. The number of carbonyl (C=O) groups is 1. The summed E-state index contributed by atoms with van der Waals surface area (Å²) in [5.41, 5.74) is 0.733. The zero-order chi connectivity index (χ0) is 25.8.